The fraction of sp³-hybridized carbons (Fsp3) is 0.905. The van der Waals surface area contributed by atoms with Gasteiger partial charge in [-0.1, -0.05) is 0 Å². The second kappa shape index (κ2) is 7.17. The first-order valence-corrected chi connectivity index (χ1v) is 11.1. The average molecular weight is 392 g/mol. The summed E-state index contributed by atoms with van der Waals surface area (Å²) in [4.78, 5) is 31.4. The van der Waals surface area contributed by atoms with Crippen LogP contribution in [0.15, 0.2) is 0 Å². The molecule has 0 bridgehead atoms. The van der Waals surface area contributed by atoms with Gasteiger partial charge < -0.3 is 19.3 Å². The Hall–Kier alpha value is -1.34. The second-order valence-corrected chi connectivity index (χ2v) is 9.53. The minimum atomic E-state index is -0.148. The van der Waals surface area contributed by atoms with E-state index in [1.165, 1.54) is 12.8 Å². The molecule has 2 aliphatic carbocycles. The molecular formula is C21H33N3O4. The molecule has 7 heteroatoms. The molecule has 3 saturated heterocycles. The maximum absolute atomic E-state index is 12.8. The smallest absolute Gasteiger partial charge is 0.409 e. The number of piperidine rings is 1. The number of nitrogens with zero attached hydrogens (tertiary/aromatic N) is 3. The number of hydrogen-bond acceptors (Lipinski definition) is 5. The van der Waals surface area contributed by atoms with Gasteiger partial charge in [0.1, 0.15) is 0 Å². The molecule has 1 spiro atoms. The van der Waals surface area contributed by atoms with Crippen LogP contribution >= 0.6 is 0 Å². The zero-order valence-electron chi connectivity index (χ0n) is 17.0. The van der Waals surface area contributed by atoms with E-state index in [2.05, 4.69) is 4.90 Å². The number of fused-ring (bicyclic) bond motifs is 1. The highest BCUT2D eigenvalue weighted by molar-refractivity contribution is 5.82. The summed E-state index contributed by atoms with van der Waals surface area (Å²) in [7, 11) is 0. The van der Waals surface area contributed by atoms with E-state index in [9.17, 15) is 9.59 Å². The maximum Gasteiger partial charge on any atom is 0.409 e. The first-order valence-electron chi connectivity index (χ1n) is 11.1. The van der Waals surface area contributed by atoms with Crippen molar-refractivity contribution in [1.82, 2.24) is 14.7 Å². The minimum absolute atomic E-state index is 0.148. The second-order valence-electron chi connectivity index (χ2n) is 9.53. The molecule has 0 aromatic rings. The van der Waals surface area contributed by atoms with Gasteiger partial charge in [-0.2, -0.15) is 0 Å². The zero-order valence-corrected chi connectivity index (χ0v) is 17.0. The molecule has 2 saturated carbocycles. The Kier molecular flexibility index (Phi) is 4.78. The molecule has 7 nitrogen and oxygen atoms in total. The fourth-order valence-electron chi connectivity index (χ4n) is 6.24. The van der Waals surface area contributed by atoms with Crippen molar-refractivity contribution in [2.45, 2.75) is 38.6 Å². The van der Waals surface area contributed by atoms with E-state index in [0.29, 0.717) is 42.4 Å². The van der Waals surface area contributed by atoms with Crippen LogP contribution < -0.4 is 0 Å². The quantitative estimate of drug-likeness (QED) is 0.728. The Bertz CT molecular complexity index is 615. The summed E-state index contributed by atoms with van der Waals surface area (Å²) in [6, 6.07) is 0.650. The van der Waals surface area contributed by atoms with E-state index in [4.69, 9.17) is 9.47 Å². The summed E-state index contributed by atoms with van der Waals surface area (Å²) in [5.41, 5.74) is 0.325. The third-order valence-electron chi connectivity index (χ3n) is 7.86. The van der Waals surface area contributed by atoms with Gasteiger partial charge in [0, 0.05) is 57.8 Å². The summed E-state index contributed by atoms with van der Waals surface area (Å²) < 4.78 is 10.6. The number of carbonyl (C=O) groups excluding carboxylic acids is 2. The minimum Gasteiger partial charge on any atom is -0.450 e. The summed E-state index contributed by atoms with van der Waals surface area (Å²) in [6.07, 6.45) is 4.33. The number of amides is 2. The van der Waals surface area contributed by atoms with Crippen molar-refractivity contribution in [3.05, 3.63) is 0 Å². The molecule has 0 N–H and O–H groups in total. The molecule has 3 heterocycles. The first-order chi connectivity index (χ1) is 13.6. The zero-order chi connectivity index (χ0) is 19.3. The molecule has 28 heavy (non-hydrogen) atoms. The van der Waals surface area contributed by atoms with Gasteiger partial charge in [0.25, 0.3) is 0 Å². The van der Waals surface area contributed by atoms with Crippen LogP contribution in [0.2, 0.25) is 0 Å². The predicted molar refractivity (Wildman–Crippen MR) is 103 cm³/mol. The van der Waals surface area contributed by atoms with Crippen LogP contribution in [0.25, 0.3) is 0 Å². The van der Waals surface area contributed by atoms with Gasteiger partial charge in [-0.25, -0.2) is 4.79 Å². The normalized spacial score (nSPS) is 40.2. The summed E-state index contributed by atoms with van der Waals surface area (Å²) in [6.45, 7) is 9.29. The van der Waals surface area contributed by atoms with E-state index in [0.717, 1.165) is 58.7 Å². The van der Waals surface area contributed by atoms with Crippen molar-refractivity contribution >= 4 is 12.0 Å². The number of ether oxygens (including phenoxy) is 2. The Morgan fingerprint density at radius 2 is 1.86 bits per heavy atom. The topological polar surface area (TPSA) is 62.3 Å². The molecule has 5 fully saturated rings. The molecule has 5 aliphatic rings. The highest BCUT2D eigenvalue weighted by atomic mass is 16.6. The van der Waals surface area contributed by atoms with Crippen LogP contribution in [0, 0.1) is 23.2 Å². The fourth-order valence-corrected chi connectivity index (χ4v) is 6.24. The largest absolute Gasteiger partial charge is 0.450 e. The molecule has 156 valence electrons. The number of carbonyl (C=O) groups is 2. The average Bonchev–Trinajstić information content (AvgIpc) is 2.99. The van der Waals surface area contributed by atoms with Crippen LogP contribution in [0.5, 0.6) is 0 Å². The lowest BCUT2D eigenvalue weighted by molar-refractivity contribution is -0.133. The van der Waals surface area contributed by atoms with Crippen molar-refractivity contribution in [3.63, 3.8) is 0 Å². The summed E-state index contributed by atoms with van der Waals surface area (Å²) in [5, 5.41) is 0. The Morgan fingerprint density at radius 1 is 1.07 bits per heavy atom. The molecule has 0 aromatic carbocycles. The van der Waals surface area contributed by atoms with Crippen LogP contribution in [-0.2, 0) is 14.3 Å². The number of rotatable bonds is 3. The SMILES string of the molecule is CCOC(=O)N1CCC2(CC(N3CC4C(C3)C4C(=O)N3CCCOCC3)C2)C1. The van der Waals surface area contributed by atoms with Gasteiger partial charge in [0.2, 0.25) is 5.91 Å². The van der Waals surface area contributed by atoms with Crippen molar-refractivity contribution in [3.8, 4) is 0 Å². The molecule has 2 unspecified atom stereocenters. The lowest BCUT2D eigenvalue weighted by Gasteiger charge is -2.49. The third-order valence-corrected chi connectivity index (χ3v) is 7.86. The summed E-state index contributed by atoms with van der Waals surface area (Å²) >= 11 is 0. The van der Waals surface area contributed by atoms with Gasteiger partial charge in [-0.3, -0.25) is 9.69 Å². The van der Waals surface area contributed by atoms with E-state index < -0.39 is 0 Å². The maximum atomic E-state index is 12.8. The van der Waals surface area contributed by atoms with E-state index >= 15 is 0 Å². The molecule has 3 aliphatic heterocycles. The molecule has 0 aromatic heterocycles. The Labute approximate surface area is 167 Å². The Balaban J connectivity index is 1.08. The van der Waals surface area contributed by atoms with Crippen LogP contribution in [-0.4, -0.2) is 91.8 Å². The van der Waals surface area contributed by atoms with Crippen LogP contribution in [0.4, 0.5) is 4.79 Å². The van der Waals surface area contributed by atoms with Crippen molar-refractivity contribution < 1.29 is 19.1 Å². The lowest BCUT2D eigenvalue weighted by atomic mass is 9.64. The van der Waals surface area contributed by atoms with Gasteiger partial charge in [-0.15, -0.1) is 0 Å². The molecule has 5 rings (SSSR count). The van der Waals surface area contributed by atoms with Gasteiger partial charge in [0.05, 0.1) is 13.2 Å². The molecule has 2 atom stereocenters. The third kappa shape index (κ3) is 3.20. The van der Waals surface area contributed by atoms with Gasteiger partial charge >= 0.3 is 6.09 Å². The van der Waals surface area contributed by atoms with E-state index in [1.54, 1.807) is 0 Å². The summed E-state index contributed by atoms with van der Waals surface area (Å²) in [5.74, 6) is 1.81. The van der Waals surface area contributed by atoms with Crippen molar-refractivity contribution in [2.24, 2.45) is 23.2 Å². The van der Waals surface area contributed by atoms with E-state index in [-0.39, 0.29) is 12.0 Å². The van der Waals surface area contributed by atoms with Crippen molar-refractivity contribution in [1.29, 1.82) is 0 Å². The molecule has 0 radical (unpaired) electrons. The van der Waals surface area contributed by atoms with Crippen LogP contribution in [0.1, 0.15) is 32.6 Å². The predicted octanol–water partition coefficient (Wildman–Crippen LogP) is 1.42. The molecular weight excluding hydrogens is 358 g/mol. The van der Waals surface area contributed by atoms with Gasteiger partial charge in [0.15, 0.2) is 0 Å². The highest BCUT2D eigenvalue weighted by Gasteiger charge is 2.62. The number of likely N-dealkylation sites (tertiary alicyclic amines) is 2. The number of hydrogen-bond donors (Lipinski definition) is 0. The lowest BCUT2D eigenvalue weighted by Crippen LogP contribution is -2.52. The van der Waals surface area contributed by atoms with E-state index in [1.807, 2.05) is 16.7 Å². The van der Waals surface area contributed by atoms with Gasteiger partial charge in [-0.05, 0) is 49.9 Å². The Morgan fingerprint density at radius 3 is 2.61 bits per heavy atom. The molecule has 2 amide bonds. The highest BCUT2D eigenvalue weighted by Crippen LogP contribution is 2.57. The van der Waals surface area contributed by atoms with Crippen LogP contribution in [0.3, 0.4) is 0 Å². The monoisotopic (exact) mass is 391 g/mol. The standard InChI is InChI=1S/C21H33N3O4/c1-2-28-20(26)23-6-4-21(14-23)10-15(11-21)24-12-16-17(13-24)18(16)19(25)22-5-3-8-27-9-7-22/h15-18H,2-14H2,1H3. The van der Waals surface area contributed by atoms with Crippen molar-refractivity contribution in [2.75, 3.05) is 59.1 Å². The first kappa shape index (κ1) is 18.7.